The van der Waals surface area contributed by atoms with Crippen molar-refractivity contribution in [2.24, 2.45) is 0 Å². The number of thiophene rings is 1. The van der Waals surface area contributed by atoms with Crippen molar-refractivity contribution >= 4 is 45.3 Å². The lowest BCUT2D eigenvalue weighted by atomic mass is 10.1. The van der Waals surface area contributed by atoms with Crippen molar-refractivity contribution in [3.63, 3.8) is 0 Å². The van der Waals surface area contributed by atoms with Crippen LogP contribution in [0.4, 0.5) is 19.5 Å². The first kappa shape index (κ1) is 16.8. The first-order chi connectivity index (χ1) is 11.5. The molecule has 2 aromatic rings. The molecule has 1 aromatic carbocycles. The summed E-state index contributed by atoms with van der Waals surface area (Å²) < 4.78 is 31.7. The van der Waals surface area contributed by atoms with Crippen LogP contribution in [0.3, 0.4) is 0 Å². The summed E-state index contributed by atoms with van der Waals surface area (Å²) in [5, 5.41) is 6.14. The Labute approximate surface area is 146 Å². The van der Waals surface area contributed by atoms with Crippen molar-refractivity contribution in [3.05, 3.63) is 45.8 Å². The topological polar surface area (TPSA) is 50.4 Å². The molecule has 0 radical (unpaired) electrons. The van der Waals surface area contributed by atoms with Gasteiger partial charge < -0.3 is 15.4 Å². The molecule has 0 saturated heterocycles. The summed E-state index contributed by atoms with van der Waals surface area (Å²) in [6, 6.07) is 3.05. The number of aryl methyl sites for hydroxylation is 1. The van der Waals surface area contributed by atoms with Gasteiger partial charge in [0, 0.05) is 10.9 Å². The van der Waals surface area contributed by atoms with Crippen LogP contribution in [-0.4, -0.2) is 18.2 Å². The number of ether oxygens (including phenoxy) is 1. The van der Waals surface area contributed by atoms with E-state index in [9.17, 15) is 13.6 Å². The minimum Gasteiger partial charge on any atom is -0.465 e. The lowest BCUT2D eigenvalue weighted by Gasteiger charge is -2.11. The molecule has 0 bridgehead atoms. The van der Waals surface area contributed by atoms with E-state index in [-0.39, 0.29) is 10.8 Å². The number of thiocarbonyl (C=S) groups is 1. The van der Waals surface area contributed by atoms with Crippen molar-refractivity contribution in [1.82, 2.24) is 0 Å². The summed E-state index contributed by atoms with van der Waals surface area (Å²) in [5.41, 5.74) is 1.38. The molecule has 0 atom stereocenters. The number of methoxy groups -OCH3 is 1. The molecule has 126 valence electrons. The Hall–Kier alpha value is -2.06. The number of carbonyl (C=O) groups excluding carboxylic acids is 1. The van der Waals surface area contributed by atoms with E-state index in [4.69, 9.17) is 17.0 Å². The summed E-state index contributed by atoms with van der Waals surface area (Å²) in [7, 11) is 1.32. The first-order valence-electron chi connectivity index (χ1n) is 7.25. The van der Waals surface area contributed by atoms with Crippen LogP contribution in [0.2, 0.25) is 0 Å². The summed E-state index contributed by atoms with van der Waals surface area (Å²) in [6.07, 6.45) is 2.73. The molecular weight excluding hydrogens is 354 g/mol. The van der Waals surface area contributed by atoms with E-state index < -0.39 is 17.6 Å². The van der Waals surface area contributed by atoms with Crippen molar-refractivity contribution in [1.29, 1.82) is 0 Å². The van der Waals surface area contributed by atoms with Crippen LogP contribution in [0.5, 0.6) is 0 Å². The van der Waals surface area contributed by atoms with Gasteiger partial charge in [-0.15, -0.1) is 11.3 Å². The van der Waals surface area contributed by atoms with Gasteiger partial charge in [0.05, 0.1) is 18.4 Å². The van der Waals surface area contributed by atoms with Crippen molar-refractivity contribution in [2.45, 2.75) is 19.3 Å². The maximum absolute atomic E-state index is 13.7. The summed E-state index contributed by atoms with van der Waals surface area (Å²) in [5.74, 6) is -1.63. The van der Waals surface area contributed by atoms with Gasteiger partial charge >= 0.3 is 5.97 Å². The maximum Gasteiger partial charge on any atom is 0.341 e. The summed E-state index contributed by atoms with van der Waals surface area (Å²) >= 11 is 6.58. The molecule has 1 aromatic heterocycles. The van der Waals surface area contributed by atoms with E-state index in [1.54, 1.807) is 0 Å². The fraction of sp³-hybridized carbons (Fsp3) is 0.250. The van der Waals surface area contributed by atoms with Crippen LogP contribution < -0.4 is 10.6 Å². The van der Waals surface area contributed by atoms with Crippen LogP contribution in [0, 0.1) is 11.6 Å². The largest absolute Gasteiger partial charge is 0.465 e. The lowest BCUT2D eigenvalue weighted by Crippen LogP contribution is -2.21. The van der Waals surface area contributed by atoms with Gasteiger partial charge in [-0.2, -0.15) is 0 Å². The van der Waals surface area contributed by atoms with Gasteiger partial charge in [-0.25, -0.2) is 13.6 Å². The highest BCUT2D eigenvalue weighted by Gasteiger charge is 2.27. The number of hydrogen-bond donors (Lipinski definition) is 2. The molecule has 0 amide bonds. The van der Waals surface area contributed by atoms with E-state index in [1.165, 1.54) is 18.4 Å². The molecule has 1 aliphatic carbocycles. The molecule has 0 saturated carbocycles. The predicted molar refractivity (Wildman–Crippen MR) is 93.9 cm³/mol. The number of benzene rings is 1. The van der Waals surface area contributed by atoms with Gasteiger partial charge in [0.25, 0.3) is 0 Å². The molecule has 1 aliphatic rings. The number of hydrogen-bond acceptors (Lipinski definition) is 4. The van der Waals surface area contributed by atoms with Crippen LogP contribution in [0.15, 0.2) is 18.2 Å². The van der Waals surface area contributed by atoms with Gasteiger partial charge in [0.1, 0.15) is 16.6 Å². The van der Waals surface area contributed by atoms with Gasteiger partial charge in [-0.1, -0.05) is 0 Å². The number of halogens is 2. The van der Waals surface area contributed by atoms with Crippen molar-refractivity contribution in [3.8, 4) is 0 Å². The SMILES string of the molecule is COC(=O)c1c(NC(=S)Nc2cc(F)ccc2F)sc2c1CCC2. The molecule has 0 spiro atoms. The maximum atomic E-state index is 13.7. The monoisotopic (exact) mass is 368 g/mol. The van der Waals surface area contributed by atoms with E-state index in [0.29, 0.717) is 10.6 Å². The minimum absolute atomic E-state index is 0.0729. The Bertz CT molecular complexity index is 821. The Morgan fingerprint density at radius 3 is 2.83 bits per heavy atom. The zero-order valence-corrected chi connectivity index (χ0v) is 14.4. The van der Waals surface area contributed by atoms with Crippen LogP contribution in [0.1, 0.15) is 27.2 Å². The first-order valence-corrected chi connectivity index (χ1v) is 8.48. The average molecular weight is 368 g/mol. The van der Waals surface area contributed by atoms with E-state index in [2.05, 4.69) is 10.6 Å². The van der Waals surface area contributed by atoms with E-state index in [1.807, 2.05) is 0 Å². The lowest BCUT2D eigenvalue weighted by molar-refractivity contribution is 0.0601. The molecule has 3 rings (SSSR count). The average Bonchev–Trinajstić information content (AvgIpc) is 3.10. The molecular formula is C16H14F2N2O2S2. The standard InChI is InChI=1S/C16H14F2N2O2S2/c1-22-15(21)13-9-3-2-4-12(9)24-14(13)20-16(23)19-11-7-8(17)5-6-10(11)18/h5-7H,2-4H2,1H3,(H2,19,20,23). The van der Waals surface area contributed by atoms with Crippen molar-refractivity contribution < 1.29 is 18.3 Å². The molecule has 0 aliphatic heterocycles. The highest BCUT2D eigenvalue weighted by atomic mass is 32.1. The minimum atomic E-state index is -0.623. The Kier molecular flexibility index (Phi) is 4.77. The molecule has 2 N–H and O–H groups in total. The quantitative estimate of drug-likeness (QED) is 0.631. The second-order valence-electron chi connectivity index (χ2n) is 5.26. The second kappa shape index (κ2) is 6.82. The molecule has 1 heterocycles. The smallest absolute Gasteiger partial charge is 0.341 e. The number of carbonyl (C=O) groups is 1. The number of esters is 1. The Balaban J connectivity index is 1.82. The third kappa shape index (κ3) is 3.25. The third-order valence-corrected chi connectivity index (χ3v) is 5.13. The van der Waals surface area contributed by atoms with Crippen LogP contribution >= 0.6 is 23.6 Å². The normalized spacial score (nSPS) is 12.6. The fourth-order valence-corrected chi connectivity index (χ4v) is 4.22. The van der Waals surface area contributed by atoms with Gasteiger partial charge in [0.2, 0.25) is 0 Å². The zero-order valence-electron chi connectivity index (χ0n) is 12.7. The molecule has 24 heavy (non-hydrogen) atoms. The van der Waals surface area contributed by atoms with Crippen molar-refractivity contribution in [2.75, 3.05) is 17.7 Å². The Morgan fingerprint density at radius 1 is 1.29 bits per heavy atom. The van der Waals surface area contributed by atoms with Gasteiger partial charge in [-0.3, -0.25) is 0 Å². The number of rotatable bonds is 3. The van der Waals surface area contributed by atoms with Gasteiger partial charge in [0.15, 0.2) is 5.11 Å². The highest BCUT2D eigenvalue weighted by molar-refractivity contribution is 7.80. The summed E-state index contributed by atoms with van der Waals surface area (Å²) in [6.45, 7) is 0. The molecule has 8 heteroatoms. The highest BCUT2D eigenvalue weighted by Crippen LogP contribution is 2.39. The van der Waals surface area contributed by atoms with E-state index >= 15 is 0 Å². The molecule has 0 fully saturated rings. The number of nitrogens with one attached hydrogen (secondary N) is 2. The van der Waals surface area contributed by atoms with E-state index in [0.717, 1.165) is 47.9 Å². The van der Waals surface area contributed by atoms with Gasteiger partial charge in [-0.05, 0) is 49.2 Å². The number of fused-ring (bicyclic) bond motifs is 1. The molecule has 4 nitrogen and oxygen atoms in total. The van der Waals surface area contributed by atoms with Crippen LogP contribution in [-0.2, 0) is 17.6 Å². The third-order valence-electron chi connectivity index (χ3n) is 3.71. The van der Waals surface area contributed by atoms with Crippen LogP contribution in [0.25, 0.3) is 0 Å². The predicted octanol–water partition coefficient (Wildman–Crippen LogP) is 4.11. The zero-order chi connectivity index (χ0) is 17.3. The number of anilines is 2. The molecule has 0 unspecified atom stereocenters. The second-order valence-corrected chi connectivity index (χ2v) is 6.77. The Morgan fingerprint density at radius 2 is 2.08 bits per heavy atom. The fourth-order valence-electron chi connectivity index (χ4n) is 2.66. The summed E-state index contributed by atoms with van der Waals surface area (Å²) in [4.78, 5) is 13.2.